The molecule has 9 heteroatoms. The van der Waals surface area contributed by atoms with Crippen LogP contribution in [0.25, 0.3) is 0 Å². The van der Waals surface area contributed by atoms with Gasteiger partial charge in [0, 0.05) is 30.5 Å². The summed E-state index contributed by atoms with van der Waals surface area (Å²) in [4.78, 5) is 18.9. The molecule has 0 saturated carbocycles. The van der Waals surface area contributed by atoms with Gasteiger partial charge in [-0.2, -0.15) is 15.0 Å². The second kappa shape index (κ2) is 9.50. The van der Waals surface area contributed by atoms with E-state index in [4.69, 9.17) is 19.4 Å². The summed E-state index contributed by atoms with van der Waals surface area (Å²) in [6.45, 7) is 2.92. The Balaban J connectivity index is 1.42. The molecule has 3 aromatic rings. The number of nitrogens with one attached hydrogen (secondary N) is 2. The van der Waals surface area contributed by atoms with Crippen molar-refractivity contribution in [2.75, 3.05) is 49.5 Å². The molecule has 1 unspecified atom stereocenters. The Labute approximate surface area is 193 Å². The second-order valence-corrected chi connectivity index (χ2v) is 8.29. The van der Waals surface area contributed by atoms with Crippen molar-refractivity contribution in [2.24, 2.45) is 0 Å². The number of rotatable bonds is 7. The molecular weight excluding hydrogens is 418 g/mol. The van der Waals surface area contributed by atoms with Crippen LogP contribution in [0.15, 0.2) is 48.5 Å². The molecule has 33 heavy (non-hydrogen) atoms. The highest BCUT2D eigenvalue weighted by molar-refractivity contribution is 5.60. The van der Waals surface area contributed by atoms with Crippen LogP contribution in [-0.2, 0) is 0 Å². The van der Waals surface area contributed by atoms with Crippen LogP contribution in [0, 0.1) is 0 Å². The molecule has 2 aliphatic rings. The highest BCUT2D eigenvalue weighted by atomic mass is 16.5. The van der Waals surface area contributed by atoms with Gasteiger partial charge in [0.2, 0.25) is 17.8 Å². The molecule has 3 heterocycles. The normalized spacial score (nSPS) is 18.0. The minimum atomic E-state index is 0.490. The molecule has 5 rings (SSSR count). The molecular formula is C24H29N7O2. The van der Waals surface area contributed by atoms with Crippen molar-refractivity contribution >= 4 is 29.2 Å². The summed E-state index contributed by atoms with van der Waals surface area (Å²) in [5.41, 5.74) is 1.75. The number of benzene rings is 2. The van der Waals surface area contributed by atoms with Gasteiger partial charge in [0.25, 0.3) is 0 Å². The standard InChI is InChI=1S/C24H29N7O2/c1-32-20-9-5-17(6-10-20)25-22-27-23(26-18-7-11-21(33-2)12-8-18)29-24(28-22)31-15-13-19-4-3-14-30(19)16-31/h5-12,19H,3-4,13-16H2,1-2H3,(H2,25,26,27,28,29). The van der Waals surface area contributed by atoms with E-state index in [1.165, 1.54) is 12.8 Å². The zero-order valence-electron chi connectivity index (χ0n) is 19.0. The highest BCUT2D eigenvalue weighted by Gasteiger charge is 2.31. The first kappa shape index (κ1) is 21.3. The summed E-state index contributed by atoms with van der Waals surface area (Å²) in [6.07, 6.45) is 3.69. The number of hydrogen-bond donors (Lipinski definition) is 2. The van der Waals surface area contributed by atoms with Crippen LogP contribution in [0.4, 0.5) is 29.2 Å². The molecule has 172 valence electrons. The van der Waals surface area contributed by atoms with E-state index in [1.54, 1.807) is 14.2 Å². The Hall–Kier alpha value is -3.59. The average molecular weight is 448 g/mol. The summed E-state index contributed by atoms with van der Waals surface area (Å²) in [5, 5.41) is 6.61. The van der Waals surface area contributed by atoms with E-state index in [2.05, 4.69) is 25.4 Å². The van der Waals surface area contributed by atoms with Gasteiger partial charge in [0.05, 0.1) is 20.9 Å². The monoisotopic (exact) mass is 447 g/mol. The first-order chi connectivity index (χ1) is 16.2. The third-order valence-electron chi connectivity index (χ3n) is 6.18. The van der Waals surface area contributed by atoms with Gasteiger partial charge in [0.1, 0.15) is 11.5 Å². The fourth-order valence-corrected chi connectivity index (χ4v) is 4.39. The van der Waals surface area contributed by atoms with Gasteiger partial charge in [-0.25, -0.2) is 0 Å². The highest BCUT2D eigenvalue weighted by Crippen LogP contribution is 2.28. The third-order valence-corrected chi connectivity index (χ3v) is 6.18. The topological polar surface area (TPSA) is 87.7 Å². The summed E-state index contributed by atoms with van der Waals surface area (Å²) >= 11 is 0. The van der Waals surface area contributed by atoms with E-state index in [-0.39, 0.29) is 0 Å². The van der Waals surface area contributed by atoms with Crippen molar-refractivity contribution < 1.29 is 9.47 Å². The van der Waals surface area contributed by atoms with Crippen molar-refractivity contribution in [2.45, 2.75) is 25.3 Å². The quantitative estimate of drug-likeness (QED) is 0.558. The van der Waals surface area contributed by atoms with Crippen LogP contribution < -0.4 is 25.0 Å². The third kappa shape index (κ3) is 4.93. The van der Waals surface area contributed by atoms with Crippen LogP contribution in [-0.4, -0.2) is 59.9 Å². The molecule has 9 nitrogen and oxygen atoms in total. The summed E-state index contributed by atoms with van der Waals surface area (Å²) in [6, 6.07) is 16.1. The molecule has 0 aliphatic carbocycles. The van der Waals surface area contributed by atoms with E-state index >= 15 is 0 Å². The number of anilines is 5. The Morgan fingerprint density at radius 2 is 1.33 bits per heavy atom. The summed E-state index contributed by atoms with van der Waals surface area (Å²) in [5.74, 6) is 3.25. The van der Waals surface area contributed by atoms with Gasteiger partial charge < -0.3 is 25.0 Å². The van der Waals surface area contributed by atoms with E-state index in [0.717, 1.165) is 49.1 Å². The van der Waals surface area contributed by atoms with Gasteiger partial charge in [-0.1, -0.05) is 0 Å². The minimum Gasteiger partial charge on any atom is -0.497 e. The van der Waals surface area contributed by atoms with Gasteiger partial charge >= 0.3 is 0 Å². The van der Waals surface area contributed by atoms with Crippen molar-refractivity contribution in [1.29, 1.82) is 0 Å². The molecule has 0 bridgehead atoms. The van der Waals surface area contributed by atoms with Gasteiger partial charge in [-0.05, 0) is 67.8 Å². The SMILES string of the molecule is COc1ccc(Nc2nc(Nc3ccc(OC)cc3)nc(N3CCC4CCCN4C3)n2)cc1. The van der Waals surface area contributed by atoms with E-state index in [9.17, 15) is 0 Å². The largest absolute Gasteiger partial charge is 0.497 e. The number of methoxy groups -OCH3 is 2. The fraction of sp³-hybridized carbons (Fsp3) is 0.375. The fourth-order valence-electron chi connectivity index (χ4n) is 4.39. The van der Waals surface area contributed by atoms with Crippen LogP contribution in [0.5, 0.6) is 11.5 Å². The molecule has 0 radical (unpaired) electrons. The van der Waals surface area contributed by atoms with Crippen molar-refractivity contribution in [3.05, 3.63) is 48.5 Å². The van der Waals surface area contributed by atoms with Crippen LogP contribution in [0.3, 0.4) is 0 Å². The molecule has 2 aromatic carbocycles. The van der Waals surface area contributed by atoms with Gasteiger partial charge in [-0.15, -0.1) is 0 Å². The lowest BCUT2D eigenvalue weighted by Gasteiger charge is -2.37. The lowest BCUT2D eigenvalue weighted by molar-refractivity contribution is 0.209. The Kier molecular flexibility index (Phi) is 6.12. The van der Waals surface area contributed by atoms with Crippen LogP contribution >= 0.6 is 0 Å². The smallest absolute Gasteiger partial charge is 0.233 e. The minimum absolute atomic E-state index is 0.490. The number of hydrogen-bond acceptors (Lipinski definition) is 9. The average Bonchev–Trinajstić information content (AvgIpc) is 3.33. The van der Waals surface area contributed by atoms with Crippen molar-refractivity contribution in [3.8, 4) is 11.5 Å². The predicted octanol–water partition coefficient (Wildman–Crippen LogP) is 4.01. The van der Waals surface area contributed by atoms with Crippen molar-refractivity contribution in [1.82, 2.24) is 19.9 Å². The Bertz CT molecular complexity index is 1010. The second-order valence-electron chi connectivity index (χ2n) is 8.29. The van der Waals surface area contributed by atoms with E-state index in [0.29, 0.717) is 23.9 Å². The molecule has 2 fully saturated rings. The van der Waals surface area contributed by atoms with Crippen molar-refractivity contribution in [3.63, 3.8) is 0 Å². The predicted molar refractivity (Wildman–Crippen MR) is 129 cm³/mol. The van der Waals surface area contributed by atoms with Gasteiger partial charge in [-0.3, -0.25) is 4.90 Å². The number of nitrogens with zero attached hydrogens (tertiary/aromatic N) is 5. The molecule has 1 aromatic heterocycles. The maximum absolute atomic E-state index is 5.25. The Morgan fingerprint density at radius 1 is 0.758 bits per heavy atom. The number of fused-ring (bicyclic) bond motifs is 1. The van der Waals surface area contributed by atoms with Crippen LogP contribution in [0.2, 0.25) is 0 Å². The molecule has 2 aliphatic heterocycles. The lowest BCUT2D eigenvalue weighted by Crippen LogP contribution is -2.48. The first-order valence-corrected chi connectivity index (χ1v) is 11.3. The number of ether oxygens (including phenoxy) is 2. The first-order valence-electron chi connectivity index (χ1n) is 11.3. The summed E-state index contributed by atoms with van der Waals surface area (Å²) in [7, 11) is 3.31. The van der Waals surface area contributed by atoms with E-state index in [1.807, 2.05) is 48.5 Å². The molecule has 2 N–H and O–H groups in total. The molecule has 2 saturated heterocycles. The molecule has 0 spiro atoms. The molecule has 1 atom stereocenters. The van der Waals surface area contributed by atoms with Crippen LogP contribution in [0.1, 0.15) is 19.3 Å². The Morgan fingerprint density at radius 3 is 1.88 bits per heavy atom. The van der Waals surface area contributed by atoms with E-state index < -0.39 is 0 Å². The number of aromatic nitrogens is 3. The zero-order valence-corrected chi connectivity index (χ0v) is 19.0. The maximum Gasteiger partial charge on any atom is 0.233 e. The maximum atomic E-state index is 5.25. The zero-order chi connectivity index (χ0) is 22.6. The summed E-state index contributed by atoms with van der Waals surface area (Å²) < 4.78 is 10.5. The van der Waals surface area contributed by atoms with Gasteiger partial charge in [0.15, 0.2) is 0 Å². The lowest BCUT2D eigenvalue weighted by atomic mass is 10.1. The molecule has 0 amide bonds.